The van der Waals surface area contributed by atoms with Gasteiger partial charge >= 0.3 is 0 Å². The molecule has 0 amide bonds. The monoisotopic (exact) mass is 285 g/mol. The number of fused-ring (bicyclic) bond motifs is 2. The zero-order chi connectivity index (χ0) is 19.8. The summed E-state index contributed by atoms with van der Waals surface area (Å²) in [5, 5.41) is 2.28. The van der Waals surface area contributed by atoms with Gasteiger partial charge in [0, 0.05) is 44.1 Å². The van der Waals surface area contributed by atoms with E-state index in [4.69, 9.17) is 8.22 Å². The van der Waals surface area contributed by atoms with Gasteiger partial charge in [0.2, 0.25) is 11.0 Å². The fourth-order valence-corrected chi connectivity index (χ4v) is 2.95. The van der Waals surface area contributed by atoms with Gasteiger partial charge in [-0.1, -0.05) is 24.3 Å². The van der Waals surface area contributed by atoms with Crippen LogP contribution in [0.3, 0.4) is 0 Å². The minimum absolute atomic E-state index is 0.0312. The molecule has 0 fully saturated rings. The van der Waals surface area contributed by atoms with Crippen molar-refractivity contribution in [2.45, 2.75) is 19.9 Å². The second-order valence-corrected chi connectivity index (χ2v) is 5.32. The van der Waals surface area contributed by atoms with Crippen LogP contribution in [-0.2, 0) is 6.54 Å². The van der Waals surface area contributed by atoms with Crippen LogP contribution in [0.4, 0.5) is 0 Å². The molecule has 1 aromatic heterocycles. The molecular formula is C19H23N2+. The normalized spacial score (nSPS) is 17.0. The van der Waals surface area contributed by atoms with E-state index in [0.29, 0.717) is 17.9 Å². The Kier molecular flexibility index (Phi) is 2.36. The summed E-state index contributed by atoms with van der Waals surface area (Å²) in [4.78, 5) is 0.624. The molecule has 0 bridgehead atoms. The molecule has 0 saturated carbocycles. The molecule has 2 nitrogen and oxygen atoms in total. The highest BCUT2D eigenvalue weighted by Crippen LogP contribution is 2.23. The number of aryl methyl sites for hydroxylation is 2. The molecule has 0 radical (unpaired) electrons. The Morgan fingerprint density at radius 2 is 1.52 bits per heavy atom. The lowest BCUT2D eigenvalue weighted by atomic mass is 10.0. The van der Waals surface area contributed by atoms with E-state index >= 15 is 0 Å². The van der Waals surface area contributed by atoms with Gasteiger partial charge in [0.15, 0.2) is 6.54 Å². The Hall–Kier alpha value is -1.93. The SMILES string of the molecule is [2H]C([2H])([2H])N(CCC[n+]1c2ccccc2c(C)c2ccccc21)C([2H])([2H])[2H]. The molecular weight excluding hydrogens is 256 g/mol. The van der Waals surface area contributed by atoms with Gasteiger partial charge < -0.3 is 4.90 Å². The maximum atomic E-state index is 7.51. The molecule has 108 valence electrons. The number of rotatable bonds is 4. The molecule has 3 aromatic rings. The van der Waals surface area contributed by atoms with Gasteiger partial charge in [0.05, 0.1) is 0 Å². The Morgan fingerprint density at radius 3 is 2.10 bits per heavy atom. The maximum absolute atomic E-state index is 7.51. The molecule has 0 spiro atoms. The zero-order valence-electron chi connectivity index (χ0n) is 18.1. The van der Waals surface area contributed by atoms with E-state index in [-0.39, 0.29) is 6.54 Å². The summed E-state index contributed by atoms with van der Waals surface area (Å²) in [5.41, 5.74) is 3.31. The smallest absolute Gasteiger partial charge is 0.213 e. The molecule has 0 saturated heterocycles. The molecule has 3 rings (SSSR count). The van der Waals surface area contributed by atoms with E-state index in [1.807, 2.05) is 36.4 Å². The van der Waals surface area contributed by atoms with Gasteiger partial charge in [0.25, 0.3) is 0 Å². The van der Waals surface area contributed by atoms with E-state index in [9.17, 15) is 0 Å². The third-order valence-electron chi connectivity index (χ3n) is 3.96. The molecule has 0 N–H and O–H groups in total. The first kappa shape index (κ1) is 8.50. The zero-order valence-corrected chi connectivity index (χ0v) is 12.1. The summed E-state index contributed by atoms with van der Waals surface area (Å²) in [5.74, 6) is 0. The molecule has 0 aliphatic rings. The largest absolute Gasteiger partial charge is 0.309 e. The molecule has 21 heavy (non-hydrogen) atoms. The van der Waals surface area contributed by atoms with Crippen LogP contribution >= 0.6 is 0 Å². The second kappa shape index (κ2) is 5.82. The van der Waals surface area contributed by atoms with Crippen molar-refractivity contribution in [3.8, 4) is 0 Å². The lowest BCUT2D eigenvalue weighted by Gasteiger charge is -2.11. The van der Waals surface area contributed by atoms with Gasteiger partial charge in [-0.25, -0.2) is 0 Å². The molecule has 2 aromatic carbocycles. The predicted octanol–water partition coefficient (Wildman–Crippen LogP) is 3.54. The Morgan fingerprint density at radius 1 is 0.952 bits per heavy atom. The number of hydrogen-bond donors (Lipinski definition) is 0. The van der Waals surface area contributed by atoms with Crippen LogP contribution < -0.4 is 4.57 Å². The first-order valence-corrected chi connectivity index (χ1v) is 7.18. The summed E-state index contributed by atoms with van der Waals surface area (Å²) >= 11 is 0. The standard InChI is InChI=1S/C19H23N2/c1-15-16-9-4-6-11-18(16)21(14-8-13-20(2)3)19-12-7-5-10-17(15)19/h4-7,9-12H,8,13-14H2,1-3H3/q+1/i2D3,3D3. The highest BCUT2D eigenvalue weighted by Gasteiger charge is 2.17. The van der Waals surface area contributed by atoms with Gasteiger partial charge in [-0.05, 0) is 38.6 Å². The lowest BCUT2D eigenvalue weighted by Crippen LogP contribution is -2.37. The van der Waals surface area contributed by atoms with E-state index in [1.165, 1.54) is 5.56 Å². The van der Waals surface area contributed by atoms with Crippen LogP contribution in [0.5, 0.6) is 0 Å². The number of hydrogen-bond acceptors (Lipinski definition) is 1. The van der Waals surface area contributed by atoms with E-state index < -0.39 is 14.0 Å². The van der Waals surface area contributed by atoms with Gasteiger partial charge in [-0.2, -0.15) is 4.57 Å². The highest BCUT2D eigenvalue weighted by atomic mass is 15.1. The average Bonchev–Trinajstić information content (AvgIpc) is 2.59. The number of para-hydroxylation sites is 2. The molecule has 0 aliphatic heterocycles. The first-order valence-electron chi connectivity index (χ1n) is 10.2. The minimum atomic E-state index is -2.65. The quantitative estimate of drug-likeness (QED) is 0.525. The summed E-state index contributed by atoms with van der Waals surface area (Å²) in [7, 11) is 0. The Labute approximate surface area is 135 Å². The Bertz CT molecular complexity index is 891. The van der Waals surface area contributed by atoms with Crippen molar-refractivity contribution in [2.75, 3.05) is 20.5 Å². The maximum Gasteiger partial charge on any atom is 0.213 e. The summed E-state index contributed by atoms with van der Waals surface area (Å²) in [6.07, 6.45) is 0.415. The molecule has 0 unspecified atom stereocenters. The fourth-order valence-electron chi connectivity index (χ4n) is 2.95. The van der Waals surface area contributed by atoms with Crippen molar-refractivity contribution in [1.82, 2.24) is 4.90 Å². The topological polar surface area (TPSA) is 7.12 Å². The van der Waals surface area contributed by atoms with Crippen molar-refractivity contribution >= 4 is 21.8 Å². The van der Waals surface area contributed by atoms with Gasteiger partial charge in [0.1, 0.15) is 0 Å². The van der Waals surface area contributed by atoms with Gasteiger partial charge in [-0.15, -0.1) is 0 Å². The number of nitrogens with zero attached hydrogens (tertiary/aromatic N) is 2. The average molecular weight is 285 g/mol. The summed E-state index contributed by atoms with van der Waals surface area (Å²) < 4.78 is 47.2. The number of aromatic nitrogens is 1. The molecule has 0 atom stereocenters. The van der Waals surface area contributed by atoms with Crippen LogP contribution in [0.25, 0.3) is 21.8 Å². The van der Waals surface area contributed by atoms with Crippen LogP contribution in [0.15, 0.2) is 48.5 Å². The number of pyridine rings is 1. The van der Waals surface area contributed by atoms with Crippen molar-refractivity contribution in [3.05, 3.63) is 54.1 Å². The fraction of sp³-hybridized carbons (Fsp3) is 0.316. The van der Waals surface area contributed by atoms with E-state index in [2.05, 4.69) is 23.6 Å². The highest BCUT2D eigenvalue weighted by molar-refractivity contribution is 5.93. The Balaban J connectivity index is 1.98. The summed E-state index contributed by atoms with van der Waals surface area (Å²) in [6.45, 7) is -2.69. The second-order valence-electron chi connectivity index (χ2n) is 5.32. The predicted molar refractivity (Wildman–Crippen MR) is 89.6 cm³/mol. The minimum Gasteiger partial charge on any atom is -0.309 e. The first-order chi connectivity index (χ1) is 12.6. The summed E-state index contributed by atoms with van der Waals surface area (Å²) in [6, 6.07) is 16.2. The van der Waals surface area contributed by atoms with Gasteiger partial charge in [-0.3, -0.25) is 0 Å². The third kappa shape index (κ3) is 2.64. The van der Waals surface area contributed by atoms with Crippen LogP contribution in [0.1, 0.15) is 20.2 Å². The molecule has 2 heteroatoms. The van der Waals surface area contributed by atoms with Crippen LogP contribution in [-0.4, -0.2) is 25.4 Å². The molecule has 0 aliphatic carbocycles. The van der Waals surface area contributed by atoms with E-state index in [1.54, 1.807) is 0 Å². The van der Waals surface area contributed by atoms with Crippen molar-refractivity contribution in [2.24, 2.45) is 0 Å². The van der Waals surface area contributed by atoms with E-state index in [0.717, 1.165) is 21.8 Å². The van der Waals surface area contributed by atoms with Crippen molar-refractivity contribution in [3.63, 3.8) is 0 Å². The molecule has 1 heterocycles. The van der Waals surface area contributed by atoms with Crippen LogP contribution in [0, 0.1) is 6.92 Å². The number of benzene rings is 2. The van der Waals surface area contributed by atoms with Crippen molar-refractivity contribution < 1.29 is 12.8 Å². The van der Waals surface area contributed by atoms with Crippen LogP contribution in [0.2, 0.25) is 0 Å². The van der Waals surface area contributed by atoms with Crippen molar-refractivity contribution in [1.29, 1.82) is 0 Å². The lowest BCUT2D eigenvalue weighted by molar-refractivity contribution is -0.645. The third-order valence-corrected chi connectivity index (χ3v) is 3.96.